The van der Waals surface area contributed by atoms with Crippen molar-refractivity contribution < 1.29 is 14.3 Å². The van der Waals surface area contributed by atoms with Gasteiger partial charge in [0.05, 0.1) is 12.6 Å². The molecule has 6 heteroatoms. The standard InChI is InChI=1S/C20H25N3O3/c1-14(2)25-17-8-6-16(7-9-17)20(24)23-12-4-5-18(13-23)26-19-10-11-21-15(3)22-19/h6-11,14,18H,4-5,12-13H2,1-3H3. The normalized spacial score (nSPS) is 17.2. The molecule has 1 atom stereocenters. The number of ether oxygens (including phenoxy) is 2. The van der Waals surface area contributed by atoms with E-state index in [2.05, 4.69) is 9.97 Å². The number of carbonyl (C=O) groups excluding carboxylic acids is 1. The van der Waals surface area contributed by atoms with Gasteiger partial charge in [-0.1, -0.05) is 0 Å². The molecule has 1 amide bonds. The Balaban J connectivity index is 1.62. The largest absolute Gasteiger partial charge is 0.491 e. The van der Waals surface area contributed by atoms with Crippen LogP contribution in [0.1, 0.15) is 42.9 Å². The molecule has 138 valence electrons. The Morgan fingerprint density at radius 2 is 2.00 bits per heavy atom. The molecule has 1 saturated heterocycles. The summed E-state index contributed by atoms with van der Waals surface area (Å²) in [7, 11) is 0. The van der Waals surface area contributed by atoms with E-state index in [0.29, 0.717) is 23.8 Å². The van der Waals surface area contributed by atoms with E-state index in [1.807, 2.05) is 49.9 Å². The summed E-state index contributed by atoms with van der Waals surface area (Å²) in [6.07, 6.45) is 3.57. The van der Waals surface area contributed by atoms with Crippen LogP contribution in [-0.2, 0) is 0 Å². The summed E-state index contributed by atoms with van der Waals surface area (Å²) in [5.74, 6) is 2.03. The summed E-state index contributed by atoms with van der Waals surface area (Å²) in [6.45, 7) is 7.09. The summed E-state index contributed by atoms with van der Waals surface area (Å²) < 4.78 is 11.6. The molecule has 0 N–H and O–H groups in total. The van der Waals surface area contributed by atoms with Crippen molar-refractivity contribution in [3.63, 3.8) is 0 Å². The summed E-state index contributed by atoms with van der Waals surface area (Å²) in [5.41, 5.74) is 0.666. The minimum Gasteiger partial charge on any atom is -0.491 e. The van der Waals surface area contributed by atoms with Crippen molar-refractivity contribution in [2.24, 2.45) is 0 Å². The monoisotopic (exact) mass is 355 g/mol. The van der Waals surface area contributed by atoms with Gasteiger partial charge < -0.3 is 14.4 Å². The number of hydrogen-bond donors (Lipinski definition) is 0. The van der Waals surface area contributed by atoms with Crippen LogP contribution >= 0.6 is 0 Å². The van der Waals surface area contributed by atoms with Crippen molar-refractivity contribution >= 4 is 5.91 Å². The van der Waals surface area contributed by atoms with Gasteiger partial charge in [0.25, 0.3) is 5.91 Å². The first-order chi connectivity index (χ1) is 12.5. The van der Waals surface area contributed by atoms with Gasteiger partial charge >= 0.3 is 0 Å². The lowest BCUT2D eigenvalue weighted by atomic mass is 10.1. The third-order valence-corrected chi connectivity index (χ3v) is 4.18. The predicted molar refractivity (Wildman–Crippen MR) is 98.5 cm³/mol. The fourth-order valence-electron chi connectivity index (χ4n) is 3.02. The van der Waals surface area contributed by atoms with E-state index in [0.717, 1.165) is 25.1 Å². The van der Waals surface area contributed by atoms with Crippen LogP contribution < -0.4 is 9.47 Å². The topological polar surface area (TPSA) is 64.5 Å². The second kappa shape index (κ2) is 8.17. The Kier molecular flexibility index (Phi) is 5.71. The van der Waals surface area contributed by atoms with Gasteiger partial charge in [0.15, 0.2) is 0 Å². The van der Waals surface area contributed by atoms with Crippen LogP contribution in [0.25, 0.3) is 0 Å². The highest BCUT2D eigenvalue weighted by Crippen LogP contribution is 2.20. The lowest BCUT2D eigenvalue weighted by Crippen LogP contribution is -2.44. The minimum atomic E-state index is -0.0504. The van der Waals surface area contributed by atoms with Crippen LogP contribution in [-0.4, -0.2) is 46.1 Å². The summed E-state index contributed by atoms with van der Waals surface area (Å²) in [6, 6.07) is 9.07. The number of piperidine rings is 1. The zero-order chi connectivity index (χ0) is 18.5. The van der Waals surface area contributed by atoms with E-state index in [1.54, 1.807) is 12.3 Å². The Morgan fingerprint density at radius 1 is 1.23 bits per heavy atom. The van der Waals surface area contributed by atoms with Gasteiger partial charge in [-0.05, 0) is 57.9 Å². The molecule has 1 fully saturated rings. The van der Waals surface area contributed by atoms with Crippen LogP contribution in [0.15, 0.2) is 36.5 Å². The third kappa shape index (κ3) is 4.71. The highest BCUT2D eigenvalue weighted by atomic mass is 16.5. The predicted octanol–water partition coefficient (Wildman–Crippen LogP) is 3.26. The van der Waals surface area contributed by atoms with E-state index in [4.69, 9.17) is 9.47 Å². The third-order valence-electron chi connectivity index (χ3n) is 4.18. The molecule has 1 unspecified atom stereocenters. The molecule has 2 heterocycles. The first kappa shape index (κ1) is 18.2. The smallest absolute Gasteiger partial charge is 0.253 e. The maximum Gasteiger partial charge on any atom is 0.253 e. The van der Waals surface area contributed by atoms with Crippen LogP contribution in [0.3, 0.4) is 0 Å². The number of benzene rings is 1. The molecule has 0 bridgehead atoms. The molecule has 0 spiro atoms. The van der Waals surface area contributed by atoms with Gasteiger partial charge in [-0.2, -0.15) is 4.98 Å². The average Bonchev–Trinajstić information content (AvgIpc) is 2.61. The van der Waals surface area contributed by atoms with E-state index >= 15 is 0 Å². The fourth-order valence-corrected chi connectivity index (χ4v) is 3.02. The fraction of sp³-hybridized carbons (Fsp3) is 0.450. The first-order valence-corrected chi connectivity index (χ1v) is 9.03. The lowest BCUT2D eigenvalue weighted by molar-refractivity contribution is 0.0527. The van der Waals surface area contributed by atoms with E-state index < -0.39 is 0 Å². The van der Waals surface area contributed by atoms with Gasteiger partial charge in [0, 0.05) is 24.4 Å². The highest BCUT2D eigenvalue weighted by molar-refractivity contribution is 5.94. The van der Waals surface area contributed by atoms with Crippen molar-refractivity contribution in [1.82, 2.24) is 14.9 Å². The zero-order valence-electron chi connectivity index (χ0n) is 15.5. The van der Waals surface area contributed by atoms with Crippen molar-refractivity contribution in [2.75, 3.05) is 13.1 Å². The van der Waals surface area contributed by atoms with Crippen LogP contribution in [0.2, 0.25) is 0 Å². The van der Waals surface area contributed by atoms with Crippen molar-refractivity contribution in [3.8, 4) is 11.6 Å². The quantitative estimate of drug-likeness (QED) is 0.824. The van der Waals surface area contributed by atoms with Crippen molar-refractivity contribution in [3.05, 3.63) is 47.9 Å². The molecule has 0 saturated carbocycles. The van der Waals surface area contributed by atoms with Crippen molar-refractivity contribution in [2.45, 2.75) is 45.8 Å². The first-order valence-electron chi connectivity index (χ1n) is 9.03. The van der Waals surface area contributed by atoms with Gasteiger partial charge in [-0.15, -0.1) is 0 Å². The van der Waals surface area contributed by atoms with Gasteiger partial charge in [-0.25, -0.2) is 4.98 Å². The summed E-state index contributed by atoms with van der Waals surface area (Å²) in [5, 5.41) is 0. The molecule has 26 heavy (non-hydrogen) atoms. The minimum absolute atomic E-state index is 0.0215. The molecule has 6 nitrogen and oxygen atoms in total. The number of hydrogen-bond acceptors (Lipinski definition) is 5. The maximum absolute atomic E-state index is 12.8. The molecular formula is C20H25N3O3. The number of aromatic nitrogens is 2. The molecule has 1 aliphatic rings. The second-order valence-corrected chi connectivity index (χ2v) is 6.77. The van der Waals surface area contributed by atoms with Gasteiger partial charge in [0.1, 0.15) is 17.7 Å². The van der Waals surface area contributed by atoms with E-state index in [1.165, 1.54) is 0 Å². The maximum atomic E-state index is 12.8. The molecule has 3 rings (SSSR count). The van der Waals surface area contributed by atoms with Crippen LogP contribution in [0, 0.1) is 6.92 Å². The number of nitrogens with zero attached hydrogens (tertiary/aromatic N) is 3. The second-order valence-electron chi connectivity index (χ2n) is 6.77. The molecule has 2 aromatic rings. The summed E-state index contributed by atoms with van der Waals surface area (Å²) >= 11 is 0. The van der Waals surface area contributed by atoms with E-state index in [-0.39, 0.29) is 18.1 Å². The van der Waals surface area contributed by atoms with Crippen LogP contribution in [0.4, 0.5) is 0 Å². The van der Waals surface area contributed by atoms with Gasteiger partial charge in [-0.3, -0.25) is 4.79 Å². The summed E-state index contributed by atoms with van der Waals surface area (Å²) in [4.78, 5) is 23.0. The zero-order valence-corrected chi connectivity index (χ0v) is 15.5. The number of aryl methyl sites for hydroxylation is 1. The SMILES string of the molecule is Cc1nccc(OC2CCCN(C(=O)c3ccc(OC(C)C)cc3)C2)n1. The Bertz CT molecular complexity index is 746. The average molecular weight is 355 g/mol. The number of rotatable bonds is 5. The molecule has 0 radical (unpaired) electrons. The number of likely N-dealkylation sites (tertiary alicyclic amines) is 1. The molecule has 1 aromatic heterocycles. The van der Waals surface area contributed by atoms with E-state index in [9.17, 15) is 4.79 Å². The number of amides is 1. The van der Waals surface area contributed by atoms with Crippen LogP contribution in [0.5, 0.6) is 11.6 Å². The Morgan fingerprint density at radius 3 is 2.69 bits per heavy atom. The molecule has 0 aliphatic carbocycles. The Labute approximate surface area is 154 Å². The lowest BCUT2D eigenvalue weighted by Gasteiger charge is -2.32. The molecule has 1 aliphatic heterocycles. The molecule has 1 aromatic carbocycles. The van der Waals surface area contributed by atoms with Crippen molar-refractivity contribution in [1.29, 1.82) is 0 Å². The Hall–Kier alpha value is -2.63. The highest BCUT2D eigenvalue weighted by Gasteiger charge is 2.26. The number of carbonyl (C=O) groups is 1. The van der Waals surface area contributed by atoms with Gasteiger partial charge in [0.2, 0.25) is 5.88 Å². The molecular weight excluding hydrogens is 330 g/mol.